The molecule has 16 aromatic rings. The zero-order valence-electron chi connectivity index (χ0n) is 81.4. The lowest BCUT2D eigenvalue weighted by Gasteiger charge is -2.28. The van der Waals surface area contributed by atoms with Gasteiger partial charge in [-0.15, -0.1) is 34.0 Å². The molecule has 0 saturated carbocycles. The van der Waals surface area contributed by atoms with Crippen molar-refractivity contribution in [2.75, 3.05) is 39.3 Å². The van der Waals surface area contributed by atoms with Gasteiger partial charge in [-0.1, -0.05) is 79.7 Å². The predicted octanol–water partition coefficient (Wildman–Crippen LogP) is 11.2. The number of rotatable bonds is 14. The normalized spacial score (nSPS) is 13.9. The number of benzene rings is 4. The van der Waals surface area contributed by atoms with E-state index in [4.69, 9.17) is 31.2 Å². The summed E-state index contributed by atoms with van der Waals surface area (Å²) in [5.41, 5.74) is 24.5. The fourth-order valence-electron chi connectivity index (χ4n) is 18.7. The molecule has 4 aromatic carbocycles. The van der Waals surface area contributed by atoms with Crippen molar-refractivity contribution in [3.05, 3.63) is 322 Å². The first-order valence-corrected chi connectivity index (χ1v) is 50.1. The topological polar surface area (TPSA) is 525 Å². The number of aromatic amines is 1. The fourth-order valence-corrected chi connectivity index (χ4v) is 21.9. The number of hydrogen-bond donors (Lipinski definition) is 13. The highest BCUT2D eigenvalue weighted by atomic mass is 32.1. The Bertz CT molecular complexity index is 7710. The van der Waals surface area contributed by atoms with Crippen LogP contribution in [-0.4, -0.2) is 233 Å². The van der Waals surface area contributed by atoms with E-state index in [2.05, 4.69) is 25.4 Å². The molecule has 766 valence electrons. The molecule has 13 N–H and O–H groups in total. The molecule has 0 saturated heterocycles. The number of hydrogen-bond acceptors (Lipinski definition) is 25. The van der Waals surface area contributed by atoms with Crippen LogP contribution >= 0.6 is 34.0 Å². The molecular weight excluding hydrogens is 1960 g/mol. The average Bonchev–Trinajstić information content (AvgIpc) is 1.63. The lowest BCUT2D eigenvalue weighted by atomic mass is 10.1. The van der Waals surface area contributed by atoms with E-state index in [1.54, 1.807) is 162 Å². The van der Waals surface area contributed by atoms with Crippen molar-refractivity contribution in [1.82, 2.24) is 125 Å². The molecule has 0 radical (unpaired) electrons. The molecule has 0 unspecified atom stereocenters. The molecule has 18 heterocycles. The van der Waals surface area contributed by atoms with E-state index < -0.39 is 35.4 Å². The number of amides is 12. The van der Waals surface area contributed by atoms with Gasteiger partial charge in [0.15, 0.2) is 11.4 Å². The maximum absolute atomic E-state index is 13.0. The van der Waals surface area contributed by atoms with Crippen molar-refractivity contribution in [3.63, 3.8) is 0 Å². The van der Waals surface area contributed by atoms with Crippen molar-refractivity contribution in [1.29, 1.82) is 0 Å². The van der Waals surface area contributed by atoms with Crippen LogP contribution in [0.1, 0.15) is 212 Å². The van der Waals surface area contributed by atoms with Crippen LogP contribution in [0.15, 0.2) is 194 Å². The Balaban J connectivity index is 0.000000121. The number of carbonyl (C=O) groups is 12. The first-order valence-electron chi connectivity index (χ1n) is 47.6. The number of aryl methyl sites for hydroxylation is 8. The van der Waals surface area contributed by atoms with Gasteiger partial charge in [0.1, 0.15) is 5.69 Å². The highest BCUT2D eigenvalue weighted by molar-refractivity contribution is 7.21. The van der Waals surface area contributed by atoms with E-state index in [-0.39, 0.29) is 46.8 Å². The van der Waals surface area contributed by atoms with Crippen LogP contribution in [0, 0.1) is 27.7 Å². The van der Waals surface area contributed by atoms with Crippen molar-refractivity contribution in [2.45, 2.75) is 139 Å². The van der Waals surface area contributed by atoms with Gasteiger partial charge in [0.2, 0.25) is 0 Å². The molecule has 0 atom stereocenters. The Hall–Kier alpha value is -16.6. The minimum absolute atomic E-state index is 0.000639. The molecule has 0 spiro atoms. The summed E-state index contributed by atoms with van der Waals surface area (Å²) in [5.74, 6) is -3.65. The number of thiophene rings is 3. The highest BCUT2D eigenvalue weighted by Gasteiger charge is 2.34. The van der Waals surface area contributed by atoms with Gasteiger partial charge < -0.3 is 52.7 Å². The molecule has 46 heteroatoms. The summed E-state index contributed by atoms with van der Waals surface area (Å²) < 4.78 is 17.9. The van der Waals surface area contributed by atoms with Crippen molar-refractivity contribution < 1.29 is 88.8 Å². The Morgan fingerprint density at radius 2 is 0.818 bits per heavy atom. The highest BCUT2D eigenvalue weighted by Crippen LogP contribution is 2.36. The van der Waals surface area contributed by atoms with Gasteiger partial charge >= 0.3 is 0 Å². The van der Waals surface area contributed by atoms with E-state index in [1.165, 1.54) is 22.7 Å². The number of nitrogens with one attached hydrogen (secondary N) is 7. The Kier molecular flexibility index (Phi) is 31.5. The van der Waals surface area contributed by atoms with E-state index in [1.807, 2.05) is 184 Å². The second-order valence-corrected chi connectivity index (χ2v) is 39.0. The zero-order valence-corrected chi connectivity index (χ0v) is 83.8. The van der Waals surface area contributed by atoms with Gasteiger partial charge in [0.05, 0.1) is 129 Å². The number of para-hydroxylation sites is 1. The third-order valence-electron chi connectivity index (χ3n) is 26.4. The standard InChI is InChI=1S/C19H19N5O3.C18H17N3O3S.2C17H16N4O3S.C16H21N5O3.C15H18N4O3/c1-13-17(10-20-24(13)15-5-3-2-4-6-15)19(26)23-8-7-22-11-14(18(25)21-27)9-16(22)12-23;22-17(19-24)12-8-13-10-21(7-3-6-20(13)9-12)18(23)15-11-25-16-5-2-1-4-14(15)16;1-10-12-4-2-3-5-14(12)25-15(10)17(23)20-6-7-21-11(9-20)8-13(18-21)16(22)19-24;22-16(19-24)13-9-12-10-20(6-3-7-21(12)18-13)17(23)15-8-11-4-1-2-5-14(11)25-15;1-3-12-8-14(19(2)17-12)16(23)21-6-4-5-20-9-11(15(22)18-24)7-13(20)10-21;1-9-5-13(10(2)16-9)15(21)19-4-3-18-7-11(14(20)17-22)6-12(18)8-19/h2-6,9-11,27H,7-8,12H2,1H3,(H,21,25);1-2,4-5,8-9,11,24H,3,6-7,10H2,(H,19,22);2-5,8,24H,6-7,9H2,1H3,(H,19,22);1-2,4-5,8-9,24H,3,6-7,10H2,(H,19,22);7-9,24H,3-6,10H2,1-2H3,(H,18,22);5-7,16,22H,3-4,8H2,1-2H3,(H,17,20). The average molecular weight is 2070 g/mol. The molecule has 22 rings (SSSR count). The molecule has 0 aliphatic carbocycles. The number of fused-ring (bicyclic) bond motifs is 9. The second kappa shape index (κ2) is 45.4. The Morgan fingerprint density at radius 3 is 1.32 bits per heavy atom. The molecule has 43 nitrogen and oxygen atoms in total. The van der Waals surface area contributed by atoms with Crippen LogP contribution in [-0.2, 0) is 92.0 Å². The van der Waals surface area contributed by atoms with E-state index in [0.717, 1.165) is 148 Å². The third kappa shape index (κ3) is 22.3. The molecule has 12 amide bonds. The molecular formula is C102H107N25O18S3. The quantitative estimate of drug-likeness (QED) is 0.0355. The van der Waals surface area contributed by atoms with Gasteiger partial charge in [-0.25, -0.2) is 37.6 Å². The van der Waals surface area contributed by atoms with Crippen LogP contribution in [0.5, 0.6) is 0 Å². The third-order valence-corrected chi connectivity index (χ3v) is 29.7. The molecule has 0 fully saturated rings. The molecule has 0 bridgehead atoms. The second-order valence-electron chi connectivity index (χ2n) is 35.9. The van der Waals surface area contributed by atoms with Gasteiger partial charge in [0.25, 0.3) is 70.9 Å². The number of nitrogens with zero attached hydrogens (tertiary/aromatic N) is 18. The van der Waals surface area contributed by atoms with Crippen LogP contribution in [0.25, 0.3) is 35.9 Å². The summed E-state index contributed by atoms with van der Waals surface area (Å²) in [6, 6.07) is 49.1. The first kappa shape index (κ1) is 103. The fraction of sp³-hybridized carbons (Fsp3) is 0.275. The number of hydroxylamine groups is 6. The summed E-state index contributed by atoms with van der Waals surface area (Å²) in [6.07, 6.45) is 11.5. The van der Waals surface area contributed by atoms with Gasteiger partial charge in [-0.2, -0.15) is 20.4 Å². The first-order chi connectivity index (χ1) is 71.5. The Morgan fingerprint density at radius 1 is 0.385 bits per heavy atom. The minimum Gasteiger partial charge on any atom is -0.362 e. The maximum atomic E-state index is 13.0. The lowest BCUT2D eigenvalue weighted by Crippen LogP contribution is -2.38. The van der Waals surface area contributed by atoms with Gasteiger partial charge in [-0.05, 0) is 155 Å². The van der Waals surface area contributed by atoms with Crippen LogP contribution in [0.3, 0.4) is 0 Å². The van der Waals surface area contributed by atoms with Crippen LogP contribution in [0.4, 0.5) is 0 Å². The summed E-state index contributed by atoms with van der Waals surface area (Å²) in [6.45, 7) is 19.6. The van der Waals surface area contributed by atoms with Crippen LogP contribution in [0.2, 0.25) is 0 Å². The van der Waals surface area contributed by atoms with Crippen molar-refractivity contribution in [3.8, 4) is 5.69 Å². The van der Waals surface area contributed by atoms with Crippen molar-refractivity contribution in [2.24, 2.45) is 7.05 Å². The van der Waals surface area contributed by atoms with Gasteiger partial charge in [-0.3, -0.25) is 103 Å². The molecule has 6 aliphatic heterocycles. The van der Waals surface area contributed by atoms with Crippen molar-refractivity contribution >= 4 is 135 Å². The number of carbonyl (C=O) groups excluding carboxylic acids is 12. The zero-order chi connectivity index (χ0) is 104. The smallest absolute Gasteiger partial charge is 0.295 e. The monoisotopic (exact) mass is 2070 g/mol. The SMILES string of the molecule is CCc1cc(C(=O)N2CCCn3cc(C(=O)NO)cc3C2)n(C)n1.Cc1c(C(=O)N2CCn3cc(C(=O)NO)cc3C2)cnn1-c1ccccc1.Cc1c(C(=O)N2CCn3nc(C(=O)NO)cc3C2)sc2ccccc12.Cc1cc(C(=O)N2CCn3cc(C(=O)NO)cc3C2)c(C)[nH]1.O=C(NO)c1cc2n(c1)CCCN(C(=O)c1csc3ccccc13)C2.O=C(NO)c1cc2n(n1)CCCN(C(=O)c1cc3ccccc3s1)C2. The molecule has 12 aromatic heterocycles. The van der Waals surface area contributed by atoms with E-state index in [9.17, 15) is 57.5 Å². The minimum atomic E-state index is -0.653. The lowest BCUT2D eigenvalue weighted by molar-refractivity contribution is 0.0691. The summed E-state index contributed by atoms with van der Waals surface area (Å²) >= 11 is 4.57. The van der Waals surface area contributed by atoms with E-state index >= 15 is 0 Å². The summed E-state index contributed by atoms with van der Waals surface area (Å²) in [5, 5.41) is 74.6. The predicted molar refractivity (Wildman–Crippen MR) is 541 cm³/mol. The summed E-state index contributed by atoms with van der Waals surface area (Å²) in [4.78, 5) is 162. The number of H-pyrrole nitrogens is 1. The number of aromatic nitrogens is 13. The maximum Gasteiger partial charge on any atom is 0.295 e. The largest absolute Gasteiger partial charge is 0.362 e. The Labute approximate surface area is 856 Å². The van der Waals surface area contributed by atoms with Gasteiger partial charge in [0, 0.05) is 163 Å². The van der Waals surface area contributed by atoms with Crippen LogP contribution < -0.4 is 32.9 Å². The summed E-state index contributed by atoms with van der Waals surface area (Å²) in [7, 11) is 1.77. The van der Waals surface area contributed by atoms with E-state index in [0.29, 0.717) is 149 Å². The molecule has 148 heavy (non-hydrogen) atoms. The molecule has 6 aliphatic rings.